The van der Waals surface area contributed by atoms with Gasteiger partial charge in [0.15, 0.2) is 5.65 Å². The Morgan fingerprint density at radius 2 is 2.17 bits per heavy atom. The van der Waals surface area contributed by atoms with Gasteiger partial charge in [0, 0.05) is 50.2 Å². The highest BCUT2D eigenvalue weighted by atomic mass is 19.1. The molecule has 2 N–H and O–H groups in total. The topological polar surface area (TPSA) is 108 Å². The molecule has 5 heterocycles. The summed E-state index contributed by atoms with van der Waals surface area (Å²) in [6.45, 7) is 0.570. The molecule has 188 valence electrons. The lowest BCUT2D eigenvalue weighted by Crippen LogP contribution is -2.51. The molecule has 2 aliphatic rings. The summed E-state index contributed by atoms with van der Waals surface area (Å²) in [4.78, 5) is 22.6. The first-order valence-corrected chi connectivity index (χ1v) is 12.2. The van der Waals surface area contributed by atoms with Crippen molar-refractivity contribution >= 4 is 28.4 Å². The van der Waals surface area contributed by atoms with Crippen molar-refractivity contribution in [2.45, 2.75) is 43.6 Å². The van der Waals surface area contributed by atoms with E-state index in [1.165, 1.54) is 6.20 Å². The van der Waals surface area contributed by atoms with Crippen LogP contribution >= 0.6 is 0 Å². The van der Waals surface area contributed by atoms with Gasteiger partial charge >= 0.3 is 0 Å². The fourth-order valence-corrected chi connectivity index (χ4v) is 5.15. The number of ether oxygens (including phenoxy) is 2. The van der Waals surface area contributed by atoms with E-state index in [0.29, 0.717) is 41.4 Å². The lowest BCUT2D eigenvalue weighted by Gasteiger charge is -2.35. The summed E-state index contributed by atoms with van der Waals surface area (Å²) in [6, 6.07) is 5.29. The molecule has 36 heavy (non-hydrogen) atoms. The van der Waals surface area contributed by atoms with Gasteiger partial charge in [-0.2, -0.15) is 9.61 Å². The summed E-state index contributed by atoms with van der Waals surface area (Å²) in [5.41, 5.74) is 2.95. The smallest absolute Gasteiger partial charge is 0.257 e. The van der Waals surface area contributed by atoms with E-state index in [1.54, 1.807) is 24.9 Å². The second-order valence-corrected chi connectivity index (χ2v) is 9.27. The van der Waals surface area contributed by atoms with Gasteiger partial charge in [-0.1, -0.05) is 0 Å². The highest BCUT2D eigenvalue weighted by Crippen LogP contribution is 2.35. The largest absolute Gasteiger partial charge is 0.379 e. The molecule has 4 aromatic rings. The number of methoxy groups -OCH3 is 1. The van der Waals surface area contributed by atoms with Crippen molar-refractivity contribution in [3.05, 3.63) is 42.4 Å². The second-order valence-electron chi connectivity index (χ2n) is 9.27. The molecule has 4 aromatic heterocycles. The number of anilines is 1. The summed E-state index contributed by atoms with van der Waals surface area (Å²) >= 11 is 0. The normalized spacial score (nSPS) is 24.1. The van der Waals surface area contributed by atoms with Crippen LogP contribution < -0.4 is 10.6 Å². The highest BCUT2D eigenvalue weighted by Gasteiger charge is 2.33. The van der Waals surface area contributed by atoms with Gasteiger partial charge in [0.1, 0.15) is 23.2 Å². The number of amides is 1. The first-order valence-electron chi connectivity index (χ1n) is 12.2. The monoisotopic (exact) mass is 493 g/mol. The van der Waals surface area contributed by atoms with Gasteiger partial charge in [-0.3, -0.25) is 4.79 Å². The SMILES string of the molecule is CNc1cc(-c2cn([C@@H]3CCOC[C@H]3F)c3ncccc23)nc2c(C(=O)NC3CC[C@@H]3OC)cnn12. The van der Waals surface area contributed by atoms with Crippen molar-refractivity contribution in [3.63, 3.8) is 0 Å². The number of hydrogen-bond donors (Lipinski definition) is 2. The number of hydrogen-bond acceptors (Lipinski definition) is 7. The fraction of sp³-hybridized carbons (Fsp3) is 0.440. The van der Waals surface area contributed by atoms with Crippen LogP contribution in [0.4, 0.5) is 10.2 Å². The summed E-state index contributed by atoms with van der Waals surface area (Å²) < 4.78 is 29.1. The Morgan fingerprint density at radius 1 is 1.28 bits per heavy atom. The maximum atomic E-state index is 14.8. The lowest BCUT2D eigenvalue weighted by molar-refractivity contribution is 0.00443. The van der Waals surface area contributed by atoms with Crippen molar-refractivity contribution in [1.82, 2.24) is 29.5 Å². The minimum atomic E-state index is -1.12. The maximum Gasteiger partial charge on any atom is 0.257 e. The Morgan fingerprint density at radius 3 is 2.92 bits per heavy atom. The number of aromatic nitrogens is 5. The van der Waals surface area contributed by atoms with E-state index in [4.69, 9.17) is 14.5 Å². The Bertz CT molecular complexity index is 1430. The van der Waals surface area contributed by atoms with Crippen molar-refractivity contribution < 1.29 is 18.7 Å². The predicted molar refractivity (Wildman–Crippen MR) is 132 cm³/mol. The molecule has 0 aromatic carbocycles. The van der Waals surface area contributed by atoms with E-state index in [9.17, 15) is 9.18 Å². The van der Waals surface area contributed by atoms with Crippen molar-refractivity contribution in [3.8, 4) is 11.3 Å². The Hall–Kier alpha value is -3.57. The van der Waals surface area contributed by atoms with Crippen LogP contribution in [0, 0.1) is 0 Å². The zero-order valence-electron chi connectivity index (χ0n) is 20.1. The molecule has 6 rings (SSSR count). The van der Waals surface area contributed by atoms with E-state index in [2.05, 4.69) is 20.7 Å². The lowest BCUT2D eigenvalue weighted by atomic mass is 9.89. The maximum absolute atomic E-state index is 14.8. The number of alkyl halides is 1. The molecule has 11 heteroatoms. The Kier molecular flexibility index (Phi) is 5.81. The van der Waals surface area contributed by atoms with E-state index < -0.39 is 6.17 Å². The Balaban J connectivity index is 1.45. The molecular weight excluding hydrogens is 465 g/mol. The number of nitrogens with zero attached hydrogens (tertiary/aromatic N) is 5. The molecule has 1 aliphatic heterocycles. The van der Waals surface area contributed by atoms with Gasteiger partial charge in [-0.05, 0) is 31.4 Å². The molecule has 0 bridgehead atoms. The van der Waals surface area contributed by atoms with Crippen LogP contribution in [0.25, 0.3) is 27.9 Å². The average Bonchev–Trinajstić information content (AvgIpc) is 3.49. The number of halogens is 1. The molecule has 1 saturated heterocycles. The third-order valence-electron chi connectivity index (χ3n) is 7.28. The molecule has 2 fully saturated rings. The third-order valence-corrected chi connectivity index (χ3v) is 7.28. The molecule has 1 unspecified atom stereocenters. The van der Waals surface area contributed by atoms with Gasteiger partial charge in [0.2, 0.25) is 0 Å². The van der Waals surface area contributed by atoms with E-state index in [0.717, 1.165) is 23.8 Å². The highest BCUT2D eigenvalue weighted by molar-refractivity contribution is 6.01. The summed E-state index contributed by atoms with van der Waals surface area (Å²) in [5, 5.41) is 11.5. The first kappa shape index (κ1) is 22.9. The van der Waals surface area contributed by atoms with Gasteiger partial charge in [0.25, 0.3) is 5.91 Å². The molecule has 1 amide bonds. The van der Waals surface area contributed by atoms with Gasteiger partial charge < -0.3 is 24.7 Å². The minimum absolute atomic E-state index is 0.0234. The van der Waals surface area contributed by atoms with Crippen LogP contribution in [0.1, 0.15) is 35.7 Å². The summed E-state index contributed by atoms with van der Waals surface area (Å²) in [5.74, 6) is 0.432. The van der Waals surface area contributed by atoms with E-state index >= 15 is 0 Å². The molecule has 0 spiro atoms. The van der Waals surface area contributed by atoms with Gasteiger partial charge in [0.05, 0.1) is 36.7 Å². The molecular formula is C25H28FN7O3. The average molecular weight is 494 g/mol. The van der Waals surface area contributed by atoms with Crippen LogP contribution in [0.15, 0.2) is 36.8 Å². The molecule has 10 nitrogen and oxygen atoms in total. The Labute approximate surface area is 206 Å². The number of fused-ring (bicyclic) bond motifs is 2. The molecule has 1 saturated carbocycles. The summed E-state index contributed by atoms with van der Waals surface area (Å²) in [7, 11) is 3.44. The minimum Gasteiger partial charge on any atom is -0.379 e. The quantitative estimate of drug-likeness (QED) is 0.425. The van der Waals surface area contributed by atoms with E-state index in [1.807, 2.05) is 29.0 Å². The van der Waals surface area contributed by atoms with Crippen LogP contribution in [-0.4, -0.2) is 75.7 Å². The zero-order valence-corrected chi connectivity index (χ0v) is 20.1. The number of carbonyl (C=O) groups excluding carboxylic acids is 1. The second kappa shape index (κ2) is 9.14. The molecule has 4 atom stereocenters. The van der Waals surface area contributed by atoms with Crippen LogP contribution in [0.5, 0.6) is 0 Å². The van der Waals surface area contributed by atoms with Crippen molar-refractivity contribution in [2.75, 3.05) is 32.7 Å². The standard InChI is InChI=1S/C25H28FN7O3/c1-27-22-10-19(30-24-15(11-29-33(22)24)25(34)31-18-5-6-21(18)35-2)16-12-32(20-7-9-36-13-17(20)26)23-14(16)4-3-8-28-23/h3-4,8,10-12,17-18,20-21,27H,5-7,9,13H2,1-2H3,(H,31,34)/t17-,18?,20-,21+/m1/s1. The predicted octanol–water partition coefficient (Wildman–Crippen LogP) is 2.99. The number of carbonyl (C=O) groups is 1. The van der Waals surface area contributed by atoms with Crippen molar-refractivity contribution in [1.29, 1.82) is 0 Å². The molecule has 0 radical (unpaired) electrons. The molecule has 1 aliphatic carbocycles. The van der Waals surface area contributed by atoms with E-state index in [-0.39, 0.29) is 30.7 Å². The zero-order chi connectivity index (χ0) is 24.8. The first-order chi connectivity index (χ1) is 17.6. The third kappa shape index (κ3) is 3.70. The van der Waals surface area contributed by atoms with Crippen LogP contribution in [0.3, 0.4) is 0 Å². The van der Waals surface area contributed by atoms with Crippen LogP contribution in [0.2, 0.25) is 0 Å². The van der Waals surface area contributed by atoms with Gasteiger partial charge in [-0.25, -0.2) is 14.4 Å². The fourth-order valence-electron chi connectivity index (χ4n) is 5.15. The number of rotatable bonds is 6. The van der Waals surface area contributed by atoms with Gasteiger partial charge in [-0.15, -0.1) is 0 Å². The van der Waals surface area contributed by atoms with Crippen molar-refractivity contribution in [2.24, 2.45) is 0 Å². The summed E-state index contributed by atoms with van der Waals surface area (Å²) in [6.07, 6.45) is 6.40. The number of pyridine rings is 1. The van der Waals surface area contributed by atoms with Crippen LogP contribution in [-0.2, 0) is 9.47 Å². The number of nitrogens with one attached hydrogen (secondary N) is 2.